The summed E-state index contributed by atoms with van der Waals surface area (Å²) in [5.41, 5.74) is 1.95. The molecule has 170 valence electrons. The van der Waals surface area contributed by atoms with Crippen LogP contribution < -0.4 is 15.4 Å². The van der Waals surface area contributed by atoms with E-state index in [9.17, 15) is 14.4 Å². The van der Waals surface area contributed by atoms with Gasteiger partial charge in [0.2, 0.25) is 0 Å². The summed E-state index contributed by atoms with van der Waals surface area (Å²) in [6.07, 6.45) is 2.16. The van der Waals surface area contributed by atoms with Crippen molar-refractivity contribution in [3.05, 3.63) is 66.4 Å². The van der Waals surface area contributed by atoms with Crippen molar-refractivity contribution in [2.75, 3.05) is 7.11 Å². The standard InChI is InChI=1S/C24H24N4O5/c1-15(22(29)26-24(31)25-17-11-12-17)33-23(30)20-14-28(18-8-4-3-5-9-18)27-21(20)16-7-6-10-19(13-16)32-2/h3-10,13-15,17H,11-12H2,1-2H3,(H2,25,26,29,31). The number of amides is 3. The van der Waals surface area contributed by atoms with E-state index < -0.39 is 24.0 Å². The Morgan fingerprint density at radius 3 is 2.55 bits per heavy atom. The van der Waals surface area contributed by atoms with Gasteiger partial charge in [0, 0.05) is 17.8 Å². The van der Waals surface area contributed by atoms with Gasteiger partial charge >= 0.3 is 12.0 Å². The lowest BCUT2D eigenvalue weighted by molar-refractivity contribution is -0.127. The first-order valence-corrected chi connectivity index (χ1v) is 10.6. The molecule has 2 aromatic carbocycles. The number of aromatic nitrogens is 2. The van der Waals surface area contributed by atoms with Crippen LogP contribution >= 0.6 is 0 Å². The van der Waals surface area contributed by atoms with Crippen molar-refractivity contribution in [1.29, 1.82) is 0 Å². The molecule has 0 saturated heterocycles. The lowest BCUT2D eigenvalue weighted by Crippen LogP contribution is -2.45. The maximum absolute atomic E-state index is 13.0. The van der Waals surface area contributed by atoms with Crippen molar-refractivity contribution in [1.82, 2.24) is 20.4 Å². The predicted octanol–water partition coefficient (Wildman–Crippen LogP) is 3.08. The van der Waals surface area contributed by atoms with E-state index in [2.05, 4.69) is 15.7 Å². The number of para-hydroxylation sites is 1. The van der Waals surface area contributed by atoms with E-state index in [1.165, 1.54) is 6.92 Å². The van der Waals surface area contributed by atoms with E-state index >= 15 is 0 Å². The Hall–Kier alpha value is -4.14. The molecule has 0 aliphatic heterocycles. The van der Waals surface area contributed by atoms with E-state index in [1.54, 1.807) is 42.3 Å². The topological polar surface area (TPSA) is 112 Å². The average Bonchev–Trinajstić information content (AvgIpc) is 3.52. The molecule has 1 saturated carbocycles. The van der Waals surface area contributed by atoms with Crippen LogP contribution in [0.1, 0.15) is 30.1 Å². The third-order valence-electron chi connectivity index (χ3n) is 5.10. The minimum absolute atomic E-state index is 0.102. The highest BCUT2D eigenvalue weighted by Crippen LogP contribution is 2.27. The van der Waals surface area contributed by atoms with Crippen LogP contribution in [0.15, 0.2) is 60.8 Å². The predicted molar refractivity (Wildman–Crippen MR) is 120 cm³/mol. The monoisotopic (exact) mass is 448 g/mol. The molecule has 9 heteroatoms. The largest absolute Gasteiger partial charge is 0.497 e. The summed E-state index contributed by atoms with van der Waals surface area (Å²) in [5.74, 6) is -0.837. The SMILES string of the molecule is COc1cccc(-c2nn(-c3ccccc3)cc2C(=O)OC(C)C(=O)NC(=O)NC2CC2)c1. The number of hydrogen-bond acceptors (Lipinski definition) is 6. The molecule has 1 unspecified atom stereocenters. The summed E-state index contributed by atoms with van der Waals surface area (Å²) >= 11 is 0. The van der Waals surface area contributed by atoms with E-state index in [0.29, 0.717) is 17.0 Å². The molecule has 1 fully saturated rings. The van der Waals surface area contributed by atoms with Gasteiger partial charge in [0.1, 0.15) is 17.0 Å². The van der Waals surface area contributed by atoms with Gasteiger partial charge in [-0.15, -0.1) is 0 Å². The Morgan fingerprint density at radius 2 is 1.85 bits per heavy atom. The normalized spacial score (nSPS) is 13.6. The van der Waals surface area contributed by atoms with Crippen molar-refractivity contribution >= 4 is 17.9 Å². The number of ether oxygens (including phenoxy) is 2. The van der Waals surface area contributed by atoms with E-state index in [4.69, 9.17) is 9.47 Å². The molecule has 1 heterocycles. The Morgan fingerprint density at radius 1 is 1.09 bits per heavy atom. The number of urea groups is 1. The van der Waals surface area contributed by atoms with E-state index in [1.807, 2.05) is 30.3 Å². The molecule has 1 aromatic heterocycles. The second-order valence-corrected chi connectivity index (χ2v) is 7.69. The van der Waals surface area contributed by atoms with Crippen molar-refractivity contribution in [2.45, 2.75) is 31.9 Å². The van der Waals surface area contributed by atoms with Crippen molar-refractivity contribution in [3.8, 4) is 22.7 Å². The lowest BCUT2D eigenvalue weighted by atomic mass is 10.1. The van der Waals surface area contributed by atoms with E-state index in [-0.39, 0.29) is 11.6 Å². The molecular formula is C24H24N4O5. The minimum Gasteiger partial charge on any atom is -0.497 e. The van der Waals surface area contributed by atoms with Crippen LogP contribution in [-0.4, -0.2) is 46.9 Å². The summed E-state index contributed by atoms with van der Waals surface area (Å²) in [7, 11) is 1.55. The first-order valence-electron chi connectivity index (χ1n) is 10.6. The van der Waals surface area contributed by atoms with Gasteiger partial charge in [0.05, 0.1) is 12.8 Å². The molecule has 1 atom stereocenters. The molecule has 2 N–H and O–H groups in total. The summed E-state index contributed by atoms with van der Waals surface area (Å²) < 4.78 is 12.2. The smallest absolute Gasteiger partial charge is 0.342 e. The number of nitrogens with zero attached hydrogens (tertiary/aromatic N) is 2. The molecule has 3 aromatic rings. The maximum atomic E-state index is 13.0. The van der Waals surface area contributed by atoms with Crippen LogP contribution in [-0.2, 0) is 9.53 Å². The number of hydrogen-bond donors (Lipinski definition) is 2. The van der Waals surface area contributed by atoms with Gasteiger partial charge in [-0.05, 0) is 44.0 Å². The summed E-state index contributed by atoms with van der Waals surface area (Å²) in [6, 6.07) is 15.9. The van der Waals surface area contributed by atoms with Crippen molar-refractivity contribution < 1.29 is 23.9 Å². The Labute approximate surface area is 190 Å². The molecule has 4 rings (SSSR count). The van der Waals surface area contributed by atoms with Crippen LogP contribution in [0.4, 0.5) is 4.79 Å². The Bertz CT molecular complexity index is 1170. The first-order chi connectivity index (χ1) is 15.9. The van der Waals surface area contributed by atoms with Crippen LogP contribution in [0.5, 0.6) is 5.75 Å². The fourth-order valence-corrected chi connectivity index (χ4v) is 3.16. The van der Waals surface area contributed by atoms with Crippen LogP contribution in [0.2, 0.25) is 0 Å². The highest BCUT2D eigenvalue weighted by molar-refractivity contribution is 6.00. The maximum Gasteiger partial charge on any atom is 0.342 e. The molecule has 0 spiro atoms. The third kappa shape index (κ3) is 5.38. The summed E-state index contributed by atoms with van der Waals surface area (Å²) in [4.78, 5) is 37.2. The molecule has 0 radical (unpaired) electrons. The van der Waals surface area contributed by atoms with Gasteiger partial charge in [0.25, 0.3) is 5.91 Å². The molecule has 9 nitrogen and oxygen atoms in total. The molecular weight excluding hydrogens is 424 g/mol. The number of methoxy groups -OCH3 is 1. The van der Waals surface area contributed by atoms with Crippen LogP contribution in [0.3, 0.4) is 0 Å². The second kappa shape index (κ2) is 9.56. The molecule has 3 amide bonds. The van der Waals surface area contributed by atoms with Gasteiger partial charge < -0.3 is 14.8 Å². The number of carbonyl (C=O) groups is 3. The molecule has 33 heavy (non-hydrogen) atoms. The third-order valence-corrected chi connectivity index (χ3v) is 5.10. The first kappa shape index (κ1) is 22.1. The molecule has 0 bridgehead atoms. The zero-order valence-electron chi connectivity index (χ0n) is 18.3. The number of rotatable bonds is 7. The number of carbonyl (C=O) groups excluding carboxylic acids is 3. The van der Waals surface area contributed by atoms with Crippen LogP contribution in [0, 0.1) is 0 Å². The van der Waals surface area contributed by atoms with Gasteiger partial charge in [-0.3, -0.25) is 10.1 Å². The van der Waals surface area contributed by atoms with Crippen molar-refractivity contribution in [3.63, 3.8) is 0 Å². The van der Waals surface area contributed by atoms with Gasteiger partial charge in [-0.25, -0.2) is 14.3 Å². The zero-order chi connectivity index (χ0) is 23.4. The molecule has 1 aliphatic rings. The summed E-state index contributed by atoms with van der Waals surface area (Å²) in [5, 5.41) is 9.43. The minimum atomic E-state index is -1.18. The number of imide groups is 1. The van der Waals surface area contributed by atoms with Gasteiger partial charge in [-0.1, -0.05) is 30.3 Å². The highest BCUT2D eigenvalue weighted by atomic mass is 16.5. The summed E-state index contributed by atoms with van der Waals surface area (Å²) in [6.45, 7) is 1.41. The van der Waals surface area contributed by atoms with Crippen molar-refractivity contribution in [2.24, 2.45) is 0 Å². The van der Waals surface area contributed by atoms with Gasteiger partial charge in [-0.2, -0.15) is 5.10 Å². The van der Waals surface area contributed by atoms with Gasteiger partial charge in [0.15, 0.2) is 6.10 Å². The second-order valence-electron chi connectivity index (χ2n) is 7.69. The Kier molecular flexibility index (Phi) is 6.39. The Balaban J connectivity index is 1.57. The fourth-order valence-electron chi connectivity index (χ4n) is 3.16. The number of benzene rings is 2. The quantitative estimate of drug-likeness (QED) is 0.538. The number of esters is 1. The number of nitrogens with one attached hydrogen (secondary N) is 2. The van der Waals surface area contributed by atoms with E-state index in [0.717, 1.165) is 18.5 Å². The average molecular weight is 448 g/mol. The zero-order valence-corrected chi connectivity index (χ0v) is 18.3. The fraction of sp³-hybridized carbons (Fsp3) is 0.250. The molecule has 1 aliphatic carbocycles. The lowest BCUT2D eigenvalue weighted by Gasteiger charge is -2.13. The van der Waals surface area contributed by atoms with Crippen LogP contribution in [0.25, 0.3) is 16.9 Å². The highest BCUT2D eigenvalue weighted by Gasteiger charge is 2.27.